The van der Waals surface area contributed by atoms with Crippen molar-refractivity contribution < 1.29 is 14.0 Å². The van der Waals surface area contributed by atoms with Crippen LogP contribution in [0.5, 0.6) is 0 Å². The fourth-order valence-electron chi connectivity index (χ4n) is 5.04. The normalized spacial score (nSPS) is 19.6. The van der Waals surface area contributed by atoms with E-state index < -0.39 is 11.7 Å². The number of nitrogens with zero attached hydrogens (tertiary/aromatic N) is 6. The minimum atomic E-state index is -0.585. The lowest BCUT2D eigenvalue weighted by Crippen LogP contribution is -2.43. The third kappa shape index (κ3) is 4.07. The molecule has 3 N–H and O–H groups in total. The first-order chi connectivity index (χ1) is 16.4. The number of carbonyl (C=O) groups excluding carboxylic acids is 2. The van der Waals surface area contributed by atoms with Gasteiger partial charge in [0.25, 0.3) is 5.91 Å². The SMILES string of the molecule is CN1CCC[C@@H]1C(=O)C1CCN(c2ccncc2NC(=O)c2c(N)nn3cc(F)cnc23)CC1. The lowest BCUT2D eigenvalue weighted by molar-refractivity contribution is -0.127. The maximum Gasteiger partial charge on any atom is 0.263 e. The van der Waals surface area contributed by atoms with E-state index in [-0.39, 0.29) is 29.0 Å². The summed E-state index contributed by atoms with van der Waals surface area (Å²) in [4.78, 5) is 38.5. The number of Topliss-reactive ketones (excluding diaryl/α,β-unsaturated/α-hetero) is 1. The summed E-state index contributed by atoms with van der Waals surface area (Å²) in [5.74, 6) is -0.715. The van der Waals surface area contributed by atoms with Crippen LogP contribution in [-0.2, 0) is 4.79 Å². The van der Waals surface area contributed by atoms with Crippen LogP contribution in [0.25, 0.3) is 5.65 Å². The monoisotopic (exact) mass is 466 g/mol. The van der Waals surface area contributed by atoms with Crippen molar-refractivity contribution >= 4 is 34.5 Å². The number of fused-ring (bicyclic) bond motifs is 1. The van der Waals surface area contributed by atoms with Crippen molar-refractivity contribution in [1.82, 2.24) is 24.5 Å². The molecule has 0 radical (unpaired) electrons. The molecule has 0 aliphatic carbocycles. The molecule has 1 atom stereocenters. The van der Waals surface area contributed by atoms with Gasteiger partial charge in [-0.25, -0.2) is 13.9 Å². The van der Waals surface area contributed by atoms with Gasteiger partial charge >= 0.3 is 0 Å². The fourth-order valence-corrected chi connectivity index (χ4v) is 5.04. The highest BCUT2D eigenvalue weighted by Crippen LogP contribution is 2.32. The van der Waals surface area contributed by atoms with Gasteiger partial charge in [-0.05, 0) is 45.3 Å². The smallest absolute Gasteiger partial charge is 0.263 e. The summed E-state index contributed by atoms with van der Waals surface area (Å²) in [6, 6.07) is 1.89. The summed E-state index contributed by atoms with van der Waals surface area (Å²) < 4.78 is 14.6. The van der Waals surface area contributed by atoms with Gasteiger partial charge in [0.2, 0.25) is 0 Å². The Labute approximate surface area is 195 Å². The average molecular weight is 467 g/mol. The largest absolute Gasteiger partial charge is 0.381 e. The van der Waals surface area contributed by atoms with Crippen LogP contribution in [0.4, 0.5) is 21.6 Å². The number of piperidine rings is 1. The van der Waals surface area contributed by atoms with Gasteiger partial charge in [0.05, 0.1) is 36.0 Å². The Balaban J connectivity index is 1.31. The Bertz CT molecular complexity index is 1240. The minimum Gasteiger partial charge on any atom is -0.381 e. The van der Waals surface area contributed by atoms with Gasteiger partial charge < -0.3 is 16.0 Å². The number of rotatable bonds is 5. The van der Waals surface area contributed by atoms with E-state index in [9.17, 15) is 14.0 Å². The van der Waals surface area contributed by atoms with Crippen molar-refractivity contribution in [3.05, 3.63) is 42.2 Å². The van der Waals surface area contributed by atoms with Crippen molar-refractivity contribution in [2.75, 3.05) is 42.6 Å². The molecule has 3 aromatic rings. The fraction of sp³-hybridized carbons (Fsp3) is 0.435. The third-order valence-corrected chi connectivity index (χ3v) is 6.83. The molecular weight excluding hydrogens is 439 g/mol. The van der Waals surface area contributed by atoms with E-state index in [0.29, 0.717) is 24.6 Å². The van der Waals surface area contributed by atoms with Crippen LogP contribution < -0.4 is 16.0 Å². The third-order valence-electron chi connectivity index (χ3n) is 6.83. The maximum absolute atomic E-state index is 13.5. The summed E-state index contributed by atoms with van der Waals surface area (Å²) in [5.41, 5.74) is 7.50. The number of anilines is 3. The highest BCUT2D eigenvalue weighted by atomic mass is 19.1. The van der Waals surface area contributed by atoms with Gasteiger partial charge in [-0.2, -0.15) is 0 Å². The van der Waals surface area contributed by atoms with Gasteiger partial charge in [-0.3, -0.25) is 19.5 Å². The van der Waals surface area contributed by atoms with Crippen molar-refractivity contribution in [2.45, 2.75) is 31.7 Å². The van der Waals surface area contributed by atoms with E-state index in [1.807, 2.05) is 13.1 Å². The minimum absolute atomic E-state index is 0.0442. The van der Waals surface area contributed by atoms with Crippen LogP contribution in [-0.4, -0.2) is 68.9 Å². The number of hydrogen-bond acceptors (Lipinski definition) is 8. The second-order valence-corrected chi connectivity index (χ2v) is 8.95. The molecule has 0 bridgehead atoms. The lowest BCUT2D eigenvalue weighted by Gasteiger charge is -2.35. The molecule has 0 aromatic carbocycles. The number of nitrogens with two attached hydrogens (primary N) is 1. The first-order valence-corrected chi connectivity index (χ1v) is 11.5. The highest BCUT2D eigenvalue weighted by molar-refractivity contribution is 6.12. The molecule has 5 rings (SSSR count). The van der Waals surface area contributed by atoms with Gasteiger partial charge in [0.1, 0.15) is 5.56 Å². The van der Waals surface area contributed by atoms with Crippen LogP contribution in [0.2, 0.25) is 0 Å². The molecule has 2 aliphatic rings. The number of nitrogens with one attached hydrogen (secondary N) is 1. The van der Waals surface area contributed by atoms with E-state index in [4.69, 9.17) is 5.73 Å². The first-order valence-electron chi connectivity index (χ1n) is 11.5. The molecule has 3 aromatic heterocycles. The number of carbonyl (C=O) groups is 2. The van der Waals surface area contributed by atoms with Crippen molar-refractivity contribution in [2.24, 2.45) is 5.92 Å². The van der Waals surface area contributed by atoms with Crippen LogP contribution in [0.3, 0.4) is 0 Å². The standard InChI is InChI=1S/C23H27FN8O2/c1-30-8-2-3-18(30)20(33)14-5-9-31(10-6-14)17-4-7-26-12-16(17)28-23(34)19-21(25)29-32-13-15(24)11-27-22(19)32/h4,7,11-14,18H,2-3,5-6,8-10H2,1H3,(H2,25,29)(H,28,34)/t18-/m1/s1. The molecule has 2 aliphatic heterocycles. The number of likely N-dealkylation sites (N-methyl/N-ethyl adjacent to an activating group) is 1. The van der Waals surface area contributed by atoms with Gasteiger partial charge in [0, 0.05) is 25.2 Å². The zero-order valence-electron chi connectivity index (χ0n) is 18.9. The zero-order valence-corrected chi connectivity index (χ0v) is 18.9. The van der Waals surface area contributed by atoms with E-state index in [0.717, 1.165) is 54.8 Å². The van der Waals surface area contributed by atoms with Crippen LogP contribution in [0.1, 0.15) is 36.0 Å². The summed E-state index contributed by atoms with van der Waals surface area (Å²) in [6.45, 7) is 2.40. The van der Waals surface area contributed by atoms with E-state index >= 15 is 0 Å². The molecule has 2 saturated heterocycles. The van der Waals surface area contributed by atoms with Crippen LogP contribution >= 0.6 is 0 Å². The van der Waals surface area contributed by atoms with Gasteiger partial charge in [-0.15, -0.1) is 5.10 Å². The second-order valence-electron chi connectivity index (χ2n) is 8.95. The van der Waals surface area contributed by atoms with Gasteiger partial charge in [0.15, 0.2) is 23.1 Å². The Morgan fingerprint density at radius 3 is 2.71 bits per heavy atom. The number of ketones is 1. The van der Waals surface area contributed by atoms with Crippen molar-refractivity contribution in [3.8, 4) is 0 Å². The Morgan fingerprint density at radius 2 is 1.97 bits per heavy atom. The summed E-state index contributed by atoms with van der Waals surface area (Å²) in [5, 5.41) is 6.84. The number of amides is 1. The second kappa shape index (κ2) is 8.98. The molecular formula is C23H27FN8O2. The van der Waals surface area contributed by atoms with Crippen molar-refractivity contribution in [1.29, 1.82) is 0 Å². The number of aromatic nitrogens is 4. The summed E-state index contributed by atoms with van der Waals surface area (Å²) >= 11 is 0. The Morgan fingerprint density at radius 1 is 1.18 bits per heavy atom. The molecule has 34 heavy (non-hydrogen) atoms. The van der Waals surface area contributed by atoms with Gasteiger partial charge in [-0.1, -0.05) is 0 Å². The summed E-state index contributed by atoms with van der Waals surface area (Å²) in [7, 11) is 2.03. The molecule has 0 spiro atoms. The molecule has 10 nitrogen and oxygen atoms in total. The molecule has 0 saturated carbocycles. The van der Waals surface area contributed by atoms with E-state index in [2.05, 4.69) is 30.2 Å². The number of likely N-dealkylation sites (tertiary alicyclic amines) is 1. The first kappa shape index (κ1) is 22.2. The Hall–Kier alpha value is -3.60. The quantitative estimate of drug-likeness (QED) is 0.585. The van der Waals surface area contributed by atoms with Crippen LogP contribution in [0.15, 0.2) is 30.9 Å². The molecule has 5 heterocycles. The number of halogens is 1. The zero-order chi connectivity index (χ0) is 23.8. The number of pyridine rings is 1. The number of hydrogen-bond donors (Lipinski definition) is 2. The van der Waals surface area contributed by atoms with Crippen molar-refractivity contribution in [3.63, 3.8) is 0 Å². The molecule has 178 valence electrons. The van der Waals surface area contributed by atoms with E-state index in [1.165, 1.54) is 0 Å². The predicted octanol–water partition coefficient (Wildman–Crippen LogP) is 1.98. The predicted molar refractivity (Wildman–Crippen MR) is 125 cm³/mol. The molecule has 2 fully saturated rings. The van der Waals surface area contributed by atoms with Crippen LogP contribution in [0, 0.1) is 11.7 Å². The average Bonchev–Trinajstić information content (AvgIpc) is 3.40. The number of nitrogen functional groups attached to an aromatic ring is 1. The molecule has 1 amide bonds. The molecule has 11 heteroatoms. The van der Waals surface area contributed by atoms with E-state index in [1.54, 1.807) is 12.4 Å². The highest BCUT2D eigenvalue weighted by Gasteiger charge is 2.35. The Kier molecular flexibility index (Phi) is 5.86. The molecule has 0 unspecified atom stereocenters. The maximum atomic E-state index is 13.5. The topological polar surface area (TPSA) is 122 Å². The summed E-state index contributed by atoms with van der Waals surface area (Å²) in [6.07, 6.45) is 8.94. The lowest BCUT2D eigenvalue weighted by atomic mass is 9.88.